The van der Waals surface area contributed by atoms with Crippen molar-refractivity contribution in [1.82, 2.24) is 9.97 Å². The van der Waals surface area contributed by atoms with Gasteiger partial charge in [-0.3, -0.25) is 0 Å². The number of benzene rings is 1. The number of hydrogen-bond acceptors (Lipinski definition) is 5. The van der Waals surface area contributed by atoms with Crippen LogP contribution in [0.4, 0.5) is 11.6 Å². The van der Waals surface area contributed by atoms with Crippen molar-refractivity contribution in [1.29, 1.82) is 0 Å². The van der Waals surface area contributed by atoms with Gasteiger partial charge in [-0.2, -0.15) is 0 Å². The summed E-state index contributed by atoms with van der Waals surface area (Å²) in [4.78, 5) is 13.4. The minimum Gasteiger partial charge on any atom is -0.487 e. The number of nitrogens with zero attached hydrogens (tertiary/aromatic N) is 4. The quantitative estimate of drug-likeness (QED) is 0.727. The van der Waals surface area contributed by atoms with Crippen molar-refractivity contribution in [3.05, 3.63) is 39.7 Å². The highest BCUT2D eigenvalue weighted by atomic mass is 35.5. The van der Waals surface area contributed by atoms with Crippen LogP contribution in [0.1, 0.15) is 36.1 Å². The molecular formula is C21H27ClN4O. The van der Waals surface area contributed by atoms with Crippen molar-refractivity contribution in [2.24, 2.45) is 0 Å². The molecule has 2 aliphatic rings. The van der Waals surface area contributed by atoms with Crippen molar-refractivity contribution in [2.45, 2.75) is 46.6 Å². The molecular weight excluding hydrogens is 360 g/mol. The largest absolute Gasteiger partial charge is 0.487 e. The summed E-state index contributed by atoms with van der Waals surface area (Å²) in [6.07, 6.45) is 2.69. The predicted molar refractivity (Wildman–Crippen MR) is 111 cm³/mol. The van der Waals surface area contributed by atoms with Crippen LogP contribution in [0.5, 0.6) is 5.75 Å². The van der Waals surface area contributed by atoms with E-state index in [1.165, 1.54) is 27.9 Å². The van der Waals surface area contributed by atoms with Crippen LogP contribution in [0.2, 0.25) is 5.15 Å². The lowest BCUT2D eigenvalue weighted by Gasteiger charge is -2.38. The van der Waals surface area contributed by atoms with E-state index in [-0.39, 0.29) is 5.60 Å². The van der Waals surface area contributed by atoms with Gasteiger partial charge in [-0.1, -0.05) is 11.6 Å². The molecule has 27 heavy (non-hydrogen) atoms. The van der Waals surface area contributed by atoms with E-state index in [2.05, 4.69) is 54.4 Å². The molecule has 0 bridgehead atoms. The highest BCUT2D eigenvalue weighted by Crippen LogP contribution is 2.45. The van der Waals surface area contributed by atoms with Crippen molar-refractivity contribution >= 4 is 23.2 Å². The molecule has 1 fully saturated rings. The van der Waals surface area contributed by atoms with Gasteiger partial charge in [0.2, 0.25) is 5.95 Å². The van der Waals surface area contributed by atoms with Gasteiger partial charge < -0.3 is 14.5 Å². The molecule has 144 valence electrons. The molecule has 0 aliphatic carbocycles. The van der Waals surface area contributed by atoms with Crippen LogP contribution in [-0.2, 0) is 6.42 Å². The van der Waals surface area contributed by atoms with E-state index in [4.69, 9.17) is 16.3 Å². The fraction of sp³-hybridized carbons (Fsp3) is 0.524. The third-order valence-electron chi connectivity index (χ3n) is 5.81. The first-order valence-electron chi connectivity index (χ1n) is 9.57. The third-order valence-corrected chi connectivity index (χ3v) is 6.02. The van der Waals surface area contributed by atoms with E-state index in [1.807, 2.05) is 0 Å². The summed E-state index contributed by atoms with van der Waals surface area (Å²) in [5.74, 6) is 1.82. The Morgan fingerprint density at radius 2 is 1.67 bits per heavy atom. The summed E-state index contributed by atoms with van der Waals surface area (Å²) in [5.41, 5.74) is 6.60. The number of halogens is 1. The fourth-order valence-electron chi connectivity index (χ4n) is 4.34. The standard InChI is InChI=1S/C21H27ClN4O/c1-13-14(2)19-16(12-21(4,5)27-19)15(3)18(13)25-8-10-26(11-9-25)20-23-7-6-17(22)24-20/h6-7H,8-12H2,1-5H3. The molecule has 0 radical (unpaired) electrons. The van der Waals surface area contributed by atoms with Crippen LogP contribution in [0.25, 0.3) is 0 Å². The summed E-state index contributed by atoms with van der Waals surface area (Å²) >= 11 is 6.02. The highest BCUT2D eigenvalue weighted by molar-refractivity contribution is 6.29. The first-order valence-corrected chi connectivity index (χ1v) is 9.95. The summed E-state index contributed by atoms with van der Waals surface area (Å²) < 4.78 is 6.26. The summed E-state index contributed by atoms with van der Waals surface area (Å²) in [7, 11) is 0. The molecule has 0 N–H and O–H groups in total. The number of rotatable bonds is 2. The summed E-state index contributed by atoms with van der Waals surface area (Å²) in [6, 6.07) is 1.71. The molecule has 3 heterocycles. The summed E-state index contributed by atoms with van der Waals surface area (Å²) in [5, 5.41) is 0.492. The lowest BCUT2D eigenvalue weighted by Crippen LogP contribution is -2.47. The maximum Gasteiger partial charge on any atom is 0.226 e. The van der Waals surface area contributed by atoms with Crippen LogP contribution < -0.4 is 14.5 Å². The number of fused-ring (bicyclic) bond motifs is 1. The topological polar surface area (TPSA) is 41.5 Å². The Labute approximate surface area is 166 Å². The van der Waals surface area contributed by atoms with Crippen LogP contribution >= 0.6 is 11.6 Å². The van der Waals surface area contributed by atoms with Gasteiger partial charge in [0.1, 0.15) is 16.5 Å². The zero-order chi connectivity index (χ0) is 19.3. The Bertz CT molecular complexity index is 888. The fourth-order valence-corrected chi connectivity index (χ4v) is 4.47. The summed E-state index contributed by atoms with van der Waals surface area (Å²) in [6.45, 7) is 14.7. The third kappa shape index (κ3) is 3.22. The molecule has 0 spiro atoms. The molecule has 0 saturated carbocycles. The van der Waals surface area contributed by atoms with Crippen molar-refractivity contribution in [3.63, 3.8) is 0 Å². The van der Waals surface area contributed by atoms with Gasteiger partial charge >= 0.3 is 0 Å². The molecule has 1 aromatic carbocycles. The van der Waals surface area contributed by atoms with Crippen molar-refractivity contribution in [2.75, 3.05) is 36.0 Å². The Kier molecular flexibility index (Phi) is 4.46. The predicted octanol–water partition coefficient (Wildman–Crippen LogP) is 4.10. The second kappa shape index (κ2) is 6.55. The highest BCUT2D eigenvalue weighted by Gasteiger charge is 2.35. The average Bonchev–Trinajstić information content (AvgIpc) is 2.97. The number of anilines is 2. The van der Waals surface area contributed by atoms with E-state index >= 15 is 0 Å². The Balaban J connectivity index is 1.60. The van der Waals surface area contributed by atoms with Crippen LogP contribution in [0.3, 0.4) is 0 Å². The lowest BCUT2D eigenvalue weighted by atomic mass is 9.92. The molecule has 0 amide bonds. The number of piperazine rings is 1. The smallest absolute Gasteiger partial charge is 0.226 e. The van der Waals surface area contributed by atoms with E-state index in [0.717, 1.165) is 44.3 Å². The number of hydrogen-bond donors (Lipinski definition) is 0. The molecule has 2 aromatic rings. The second-order valence-electron chi connectivity index (χ2n) is 8.22. The zero-order valence-electron chi connectivity index (χ0n) is 16.8. The van der Waals surface area contributed by atoms with Crippen LogP contribution in [-0.4, -0.2) is 41.7 Å². The van der Waals surface area contributed by atoms with E-state index in [0.29, 0.717) is 5.15 Å². The van der Waals surface area contributed by atoms with Gasteiger partial charge in [0.15, 0.2) is 0 Å². The van der Waals surface area contributed by atoms with Crippen molar-refractivity contribution in [3.8, 4) is 5.75 Å². The van der Waals surface area contributed by atoms with E-state index in [1.54, 1.807) is 12.3 Å². The molecule has 1 saturated heterocycles. The van der Waals surface area contributed by atoms with E-state index in [9.17, 15) is 0 Å². The molecule has 6 heteroatoms. The van der Waals surface area contributed by atoms with Gasteiger partial charge in [0.25, 0.3) is 0 Å². The van der Waals surface area contributed by atoms with Crippen molar-refractivity contribution < 1.29 is 4.74 Å². The van der Waals surface area contributed by atoms with Gasteiger partial charge in [-0.15, -0.1) is 0 Å². The van der Waals surface area contributed by atoms with Gasteiger partial charge in [0, 0.05) is 50.0 Å². The normalized spacial score (nSPS) is 18.4. The molecule has 4 rings (SSSR count). The second-order valence-corrected chi connectivity index (χ2v) is 8.61. The molecule has 1 aromatic heterocycles. The van der Waals surface area contributed by atoms with Crippen LogP contribution in [0.15, 0.2) is 12.3 Å². The lowest BCUT2D eigenvalue weighted by molar-refractivity contribution is 0.137. The average molecular weight is 387 g/mol. The Morgan fingerprint density at radius 1 is 1.00 bits per heavy atom. The molecule has 2 aliphatic heterocycles. The zero-order valence-corrected chi connectivity index (χ0v) is 17.5. The maximum atomic E-state index is 6.26. The Morgan fingerprint density at radius 3 is 2.33 bits per heavy atom. The first-order chi connectivity index (χ1) is 12.8. The van der Waals surface area contributed by atoms with Crippen LogP contribution in [0, 0.1) is 20.8 Å². The van der Waals surface area contributed by atoms with Gasteiger partial charge in [-0.05, 0) is 57.4 Å². The Hall–Kier alpha value is -2.01. The minimum atomic E-state index is -0.120. The van der Waals surface area contributed by atoms with Gasteiger partial charge in [0.05, 0.1) is 0 Å². The van der Waals surface area contributed by atoms with E-state index < -0.39 is 0 Å². The maximum absolute atomic E-state index is 6.26. The number of ether oxygens (including phenoxy) is 1. The monoisotopic (exact) mass is 386 g/mol. The minimum absolute atomic E-state index is 0.120. The number of aromatic nitrogens is 2. The molecule has 5 nitrogen and oxygen atoms in total. The molecule has 0 atom stereocenters. The SMILES string of the molecule is Cc1c(C)c(N2CCN(c3nccc(Cl)n3)CC2)c(C)c2c1OC(C)(C)C2. The van der Waals surface area contributed by atoms with Gasteiger partial charge in [-0.25, -0.2) is 9.97 Å². The first kappa shape index (κ1) is 18.4. The molecule has 0 unspecified atom stereocenters.